The quantitative estimate of drug-likeness (QED) is 0.833. The maximum absolute atomic E-state index is 11.4. The molecular formula is C14H23N3O3. The van der Waals surface area contributed by atoms with Gasteiger partial charge in [-0.1, -0.05) is 0 Å². The Kier molecular flexibility index (Phi) is 4.57. The SMILES string of the molecule is CC(C)Oc1cncc(NC(C)(C)C(C)(C)C(=O)O)n1. The highest BCUT2D eigenvalue weighted by Crippen LogP contribution is 2.33. The van der Waals surface area contributed by atoms with Crippen molar-refractivity contribution in [3.63, 3.8) is 0 Å². The molecule has 6 nitrogen and oxygen atoms in total. The lowest BCUT2D eigenvalue weighted by atomic mass is 9.74. The minimum absolute atomic E-state index is 0.00280. The maximum atomic E-state index is 11.4. The van der Waals surface area contributed by atoms with E-state index in [2.05, 4.69) is 15.3 Å². The van der Waals surface area contributed by atoms with E-state index >= 15 is 0 Å². The molecule has 1 rings (SSSR count). The third-order valence-electron chi connectivity index (χ3n) is 3.51. The lowest BCUT2D eigenvalue weighted by Gasteiger charge is -2.39. The van der Waals surface area contributed by atoms with Gasteiger partial charge in [-0.05, 0) is 41.5 Å². The number of aliphatic carboxylic acids is 1. The minimum atomic E-state index is -0.969. The van der Waals surface area contributed by atoms with Gasteiger partial charge in [0, 0.05) is 5.54 Å². The van der Waals surface area contributed by atoms with Crippen LogP contribution in [0, 0.1) is 5.41 Å². The Balaban J connectivity index is 2.95. The van der Waals surface area contributed by atoms with Crippen molar-refractivity contribution < 1.29 is 14.6 Å². The van der Waals surface area contributed by atoms with Gasteiger partial charge in [0.25, 0.3) is 0 Å². The Morgan fingerprint density at radius 1 is 1.30 bits per heavy atom. The maximum Gasteiger partial charge on any atom is 0.311 e. The lowest BCUT2D eigenvalue weighted by Crippen LogP contribution is -2.50. The Morgan fingerprint density at radius 2 is 1.90 bits per heavy atom. The summed E-state index contributed by atoms with van der Waals surface area (Å²) < 4.78 is 5.47. The summed E-state index contributed by atoms with van der Waals surface area (Å²) in [6.45, 7) is 10.8. The van der Waals surface area contributed by atoms with Crippen LogP contribution in [0.25, 0.3) is 0 Å². The molecule has 112 valence electrons. The molecule has 0 radical (unpaired) electrons. The topological polar surface area (TPSA) is 84.3 Å². The Labute approximate surface area is 119 Å². The fourth-order valence-corrected chi connectivity index (χ4v) is 1.45. The van der Waals surface area contributed by atoms with E-state index in [1.165, 1.54) is 6.20 Å². The molecule has 0 amide bonds. The van der Waals surface area contributed by atoms with Crippen molar-refractivity contribution in [3.8, 4) is 5.88 Å². The van der Waals surface area contributed by atoms with E-state index in [1.54, 1.807) is 20.0 Å². The van der Waals surface area contributed by atoms with E-state index in [9.17, 15) is 9.90 Å². The summed E-state index contributed by atoms with van der Waals surface area (Å²) in [5, 5.41) is 12.4. The van der Waals surface area contributed by atoms with Crippen molar-refractivity contribution >= 4 is 11.8 Å². The van der Waals surface area contributed by atoms with Gasteiger partial charge in [-0.25, -0.2) is 0 Å². The largest absolute Gasteiger partial charge is 0.481 e. The van der Waals surface area contributed by atoms with E-state index in [0.29, 0.717) is 11.7 Å². The summed E-state index contributed by atoms with van der Waals surface area (Å²) >= 11 is 0. The molecule has 0 spiro atoms. The van der Waals surface area contributed by atoms with Gasteiger partial charge in [0.05, 0.1) is 23.9 Å². The number of hydrogen-bond acceptors (Lipinski definition) is 5. The molecule has 20 heavy (non-hydrogen) atoms. The third kappa shape index (κ3) is 3.59. The summed E-state index contributed by atoms with van der Waals surface area (Å²) in [7, 11) is 0. The number of aromatic nitrogens is 2. The molecule has 0 fully saturated rings. The average molecular weight is 281 g/mol. The van der Waals surface area contributed by atoms with Crippen LogP contribution >= 0.6 is 0 Å². The molecule has 2 N–H and O–H groups in total. The Bertz CT molecular complexity index is 484. The number of carbonyl (C=O) groups is 1. The van der Waals surface area contributed by atoms with Crippen LogP contribution in [0.5, 0.6) is 5.88 Å². The number of hydrogen-bond donors (Lipinski definition) is 2. The molecule has 0 bridgehead atoms. The third-order valence-corrected chi connectivity index (χ3v) is 3.51. The molecule has 1 heterocycles. The molecule has 6 heteroatoms. The molecule has 1 aromatic heterocycles. The molecular weight excluding hydrogens is 258 g/mol. The van der Waals surface area contributed by atoms with E-state index in [4.69, 9.17) is 4.74 Å². The molecule has 0 saturated heterocycles. The summed E-state index contributed by atoms with van der Waals surface area (Å²) in [5.41, 5.74) is -1.67. The highest BCUT2D eigenvalue weighted by molar-refractivity contribution is 5.76. The predicted octanol–water partition coefficient (Wildman–Crippen LogP) is 2.57. The van der Waals surface area contributed by atoms with Gasteiger partial charge in [-0.15, -0.1) is 0 Å². The lowest BCUT2D eigenvalue weighted by molar-refractivity contribution is -0.149. The van der Waals surface area contributed by atoms with Crippen LogP contribution in [0.3, 0.4) is 0 Å². The van der Waals surface area contributed by atoms with Crippen LogP contribution in [0.1, 0.15) is 41.5 Å². The second-order valence-corrected chi connectivity index (χ2v) is 6.09. The second kappa shape index (κ2) is 5.64. The Hall–Kier alpha value is -1.85. The molecule has 0 aliphatic heterocycles. The zero-order chi connectivity index (χ0) is 15.6. The fourth-order valence-electron chi connectivity index (χ4n) is 1.45. The van der Waals surface area contributed by atoms with Gasteiger partial charge in [-0.3, -0.25) is 9.78 Å². The monoisotopic (exact) mass is 281 g/mol. The normalized spacial score (nSPS) is 12.3. The summed E-state index contributed by atoms with van der Waals surface area (Å²) in [6, 6.07) is 0. The van der Waals surface area contributed by atoms with Crippen LogP contribution in [0.4, 0.5) is 5.82 Å². The first-order chi connectivity index (χ1) is 9.06. The minimum Gasteiger partial charge on any atom is -0.481 e. The number of anilines is 1. The van der Waals surface area contributed by atoms with Crippen molar-refractivity contribution in [2.24, 2.45) is 5.41 Å². The van der Waals surface area contributed by atoms with Gasteiger partial charge >= 0.3 is 5.97 Å². The van der Waals surface area contributed by atoms with Crippen molar-refractivity contribution in [2.75, 3.05) is 5.32 Å². The first-order valence-electron chi connectivity index (χ1n) is 6.56. The fraction of sp³-hybridized carbons (Fsp3) is 0.643. The molecule has 1 aromatic rings. The predicted molar refractivity (Wildman–Crippen MR) is 76.9 cm³/mol. The van der Waals surface area contributed by atoms with E-state index < -0.39 is 16.9 Å². The van der Waals surface area contributed by atoms with Crippen LogP contribution in [0.15, 0.2) is 12.4 Å². The number of nitrogens with zero attached hydrogens (tertiary/aromatic N) is 2. The van der Waals surface area contributed by atoms with Crippen LogP contribution < -0.4 is 10.1 Å². The summed E-state index contributed by atoms with van der Waals surface area (Å²) in [6.07, 6.45) is 3.08. The van der Waals surface area contributed by atoms with Gasteiger partial charge in [-0.2, -0.15) is 4.98 Å². The standard InChI is InChI=1S/C14H23N3O3/c1-9(2)20-11-8-15-7-10(16-11)17-14(5,6)13(3,4)12(18)19/h7-9H,1-6H3,(H,16,17)(H,18,19). The molecule has 0 atom stereocenters. The molecule has 0 unspecified atom stereocenters. The molecule has 0 saturated carbocycles. The number of ether oxygens (including phenoxy) is 1. The van der Waals surface area contributed by atoms with Crippen LogP contribution in [-0.4, -0.2) is 32.7 Å². The first-order valence-corrected chi connectivity index (χ1v) is 6.56. The smallest absolute Gasteiger partial charge is 0.311 e. The van der Waals surface area contributed by atoms with Crippen LogP contribution in [-0.2, 0) is 4.79 Å². The first kappa shape index (κ1) is 16.2. The second-order valence-electron chi connectivity index (χ2n) is 6.09. The number of carboxylic acids is 1. The number of carboxylic acid groups (broad SMARTS) is 1. The van der Waals surface area contributed by atoms with Gasteiger partial charge in [0.15, 0.2) is 0 Å². The summed E-state index contributed by atoms with van der Waals surface area (Å²) in [5.74, 6) is 0.0222. The Morgan fingerprint density at radius 3 is 2.40 bits per heavy atom. The van der Waals surface area contributed by atoms with E-state index in [0.717, 1.165) is 0 Å². The van der Waals surface area contributed by atoms with Crippen molar-refractivity contribution in [3.05, 3.63) is 12.4 Å². The van der Waals surface area contributed by atoms with Gasteiger partial charge in [0.1, 0.15) is 5.82 Å². The van der Waals surface area contributed by atoms with Gasteiger partial charge < -0.3 is 15.2 Å². The number of nitrogens with one attached hydrogen (secondary N) is 1. The molecule has 0 aliphatic carbocycles. The van der Waals surface area contributed by atoms with Crippen molar-refractivity contribution in [1.29, 1.82) is 0 Å². The van der Waals surface area contributed by atoms with E-state index in [-0.39, 0.29) is 6.10 Å². The van der Waals surface area contributed by atoms with Crippen LogP contribution in [0.2, 0.25) is 0 Å². The highest BCUT2D eigenvalue weighted by atomic mass is 16.5. The highest BCUT2D eigenvalue weighted by Gasteiger charge is 2.43. The number of rotatable bonds is 6. The zero-order valence-electron chi connectivity index (χ0n) is 12.9. The van der Waals surface area contributed by atoms with E-state index in [1.807, 2.05) is 27.7 Å². The van der Waals surface area contributed by atoms with Crippen molar-refractivity contribution in [2.45, 2.75) is 53.2 Å². The van der Waals surface area contributed by atoms with Crippen molar-refractivity contribution in [1.82, 2.24) is 9.97 Å². The summed E-state index contributed by atoms with van der Waals surface area (Å²) in [4.78, 5) is 19.7. The average Bonchev–Trinajstić information content (AvgIpc) is 2.27. The zero-order valence-corrected chi connectivity index (χ0v) is 12.9. The molecule has 0 aliphatic rings. The van der Waals surface area contributed by atoms with Gasteiger partial charge in [0.2, 0.25) is 5.88 Å². The molecule has 0 aromatic carbocycles.